The minimum Gasteiger partial charge on any atom is -0.462 e. The Balaban J connectivity index is 1.78. The fourth-order valence-electron chi connectivity index (χ4n) is 7.29. The highest BCUT2D eigenvalue weighted by atomic mass is 16.6. The average molecular weight is 499 g/mol. The molecule has 2 bridgehead atoms. The van der Waals surface area contributed by atoms with Crippen LogP contribution in [-0.4, -0.2) is 36.2 Å². The molecule has 0 aromatic carbocycles. The normalized spacial score (nSPS) is 33.6. The zero-order valence-electron chi connectivity index (χ0n) is 22.2. The van der Waals surface area contributed by atoms with Crippen molar-refractivity contribution < 1.29 is 33.0 Å². The van der Waals surface area contributed by atoms with Gasteiger partial charge in [0.25, 0.3) is 0 Å². The van der Waals surface area contributed by atoms with Crippen molar-refractivity contribution in [3.63, 3.8) is 0 Å². The molecule has 196 valence electrons. The SMILES string of the molecule is C=C1[C@@H](OC(=O)c2ccco2)CC[C@@]2(C)C[C@H](OC(C)=O)C3=C(C)CC[C@@H]([C@@H](OC(C)=O)[C@H]12)C3(C)C. The van der Waals surface area contributed by atoms with Crippen molar-refractivity contribution in [1.29, 1.82) is 0 Å². The summed E-state index contributed by atoms with van der Waals surface area (Å²) in [5, 5.41) is 0. The van der Waals surface area contributed by atoms with E-state index in [0.29, 0.717) is 19.3 Å². The van der Waals surface area contributed by atoms with E-state index in [0.717, 1.165) is 24.0 Å². The van der Waals surface area contributed by atoms with E-state index in [1.165, 1.54) is 25.7 Å². The summed E-state index contributed by atoms with van der Waals surface area (Å²) < 4.78 is 23.2. The van der Waals surface area contributed by atoms with Gasteiger partial charge in [-0.1, -0.05) is 32.9 Å². The molecule has 0 saturated heterocycles. The summed E-state index contributed by atoms with van der Waals surface area (Å²) in [6.07, 6.45) is 3.61. The average Bonchev–Trinajstić information content (AvgIpc) is 3.28. The second kappa shape index (κ2) is 9.56. The van der Waals surface area contributed by atoms with Crippen LogP contribution in [0.5, 0.6) is 0 Å². The number of fused-ring (bicyclic) bond motifs is 3. The van der Waals surface area contributed by atoms with Gasteiger partial charge < -0.3 is 18.6 Å². The second-order valence-corrected chi connectivity index (χ2v) is 11.6. The first-order chi connectivity index (χ1) is 16.8. The van der Waals surface area contributed by atoms with E-state index in [1.807, 2.05) is 0 Å². The third-order valence-electron chi connectivity index (χ3n) is 8.73. The molecular formula is C29H38O7. The standard InChI is InChI=1S/C29H38O7/c1-16-10-11-20-26(35-19(4)31)25-17(2)21(36-27(32)22-9-8-14-33-22)12-13-29(25,7)15-23(34-18(3)30)24(16)28(20,5)6/h8-9,14,20-21,23,25-26H,2,10-13,15H2,1,3-7H3/t20-,21-,23-,25-,26+,29-/m0/s1. The monoisotopic (exact) mass is 498 g/mol. The Kier molecular flexibility index (Phi) is 6.97. The highest BCUT2D eigenvalue weighted by Gasteiger charge is 2.58. The number of furan rings is 1. The van der Waals surface area contributed by atoms with E-state index >= 15 is 0 Å². The van der Waals surface area contributed by atoms with Gasteiger partial charge in [0.05, 0.1) is 6.26 Å². The maximum absolute atomic E-state index is 12.7. The first-order valence-electron chi connectivity index (χ1n) is 12.8. The van der Waals surface area contributed by atoms with E-state index in [2.05, 4.69) is 34.3 Å². The van der Waals surface area contributed by atoms with Crippen LogP contribution in [0.3, 0.4) is 0 Å². The number of hydrogen-bond donors (Lipinski definition) is 0. The predicted octanol–water partition coefficient (Wildman–Crippen LogP) is 5.80. The molecule has 3 aliphatic carbocycles. The summed E-state index contributed by atoms with van der Waals surface area (Å²) >= 11 is 0. The smallest absolute Gasteiger partial charge is 0.374 e. The minimum absolute atomic E-state index is 0.0148. The predicted molar refractivity (Wildman–Crippen MR) is 133 cm³/mol. The van der Waals surface area contributed by atoms with Crippen LogP contribution < -0.4 is 0 Å². The number of allylic oxidation sites excluding steroid dienone is 1. The summed E-state index contributed by atoms with van der Waals surface area (Å²) in [4.78, 5) is 37.4. The van der Waals surface area contributed by atoms with Gasteiger partial charge in [0.2, 0.25) is 5.76 Å². The second-order valence-electron chi connectivity index (χ2n) is 11.6. The summed E-state index contributed by atoms with van der Waals surface area (Å²) in [5.74, 6) is -1.34. The van der Waals surface area contributed by atoms with Crippen molar-refractivity contribution in [3.05, 3.63) is 47.5 Å². The quantitative estimate of drug-likeness (QED) is 0.294. The third kappa shape index (κ3) is 4.64. The van der Waals surface area contributed by atoms with E-state index in [-0.39, 0.29) is 46.5 Å². The Labute approximate surface area is 213 Å². The molecule has 0 amide bonds. The third-order valence-corrected chi connectivity index (χ3v) is 8.73. The highest BCUT2D eigenvalue weighted by molar-refractivity contribution is 5.86. The molecule has 2 saturated carbocycles. The Morgan fingerprint density at radius 3 is 2.33 bits per heavy atom. The molecule has 6 atom stereocenters. The van der Waals surface area contributed by atoms with Crippen molar-refractivity contribution in [3.8, 4) is 0 Å². The lowest BCUT2D eigenvalue weighted by atomic mass is 9.50. The molecule has 1 aromatic rings. The largest absolute Gasteiger partial charge is 0.462 e. The molecule has 1 aromatic heterocycles. The van der Waals surface area contributed by atoms with Gasteiger partial charge in [0.1, 0.15) is 18.3 Å². The molecule has 0 N–H and O–H groups in total. The van der Waals surface area contributed by atoms with Crippen LogP contribution in [0.4, 0.5) is 0 Å². The van der Waals surface area contributed by atoms with Crippen LogP contribution in [0.25, 0.3) is 0 Å². The lowest BCUT2D eigenvalue weighted by molar-refractivity contribution is -0.168. The van der Waals surface area contributed by atoms with E-state index in [9.17, 15) is 14.4 Å². The first kappa shape index (κ1) is 26.2. The number of rotatable bonds is 4. The molecular weight excluding hydrogens is 460 g/mol. The van der Waals surface area contributed by atoms with E-state index in [4.69, 9.17) is 18.6 Å². The molecule has 0 radical (unpaired) electrons. The van der Waals surface area contributed by atoms with Crippen LogP contribution >= 0.6 is 0 Å². The Morgan fingerprint density at radius 2 is 1.72 bits per heavy atom. The van der Waals surface area contributed by atoms with Crippen molar-refractivity contribution in [2.45, 2.75) is 92.0 Å². The van der Waals surface area contributed by atoms with Crippen molar-refractivity contribution >= 4 is 17.9 Å². The van der Waals surface area contributed by atoms with Gasteiger partial charge in [-0.15, -0.1) is 0 Å². The molecule has 0 aliphatic heterocycles. The Hall–Kier alpha value is -2.83. The van der Waals surface area contributed by atoms with Crippen molar-refractivity contribution in [2.24, 2.45) is 22.7 Å². The minimum atomic E-state index is -0.540. The molecule has 0 unspecified atom stereocenters. The molecule has 7 heteroatoms. The van der Waals surface area contributed by atoms with Crippen molar-refractivity contribution in [2.75, 3.05) is 0 Å². The lowest BCUT2D eigenvalue weighted by Gasteiger charge is -2.57. The van der Waals surface area contributed by atoms with Crippen LogP contribution in [0.15, 0.2) is 46.1 Å². The highest BCUT2D eigenvalue weighted by Crippen LogP contribution is 2.60. The maximum atomic E-state index is 12.7. The van der Waals surface area contributed by atoms with Gasteiger partial charge in [-0.25, -0.2) is 4.79 Å². The van der Waals surface area contributed by atoms with Gasteiger partial charge in [-0.3, -0.25) is 9.59 Å². The van der Waals surface area contributed by atoms with E-state index < -0.39 is 18.2 Å². The molecule has 0 spiro atoms. The summed E-state index contributed by atoms with van der Waals surface area (Å²) in [6.45, 7) is 15.9. The topological polar surface area (TPSA) is 92.0 Å². The van der Waals surface area contributed by atoms with Gasteiger partial charge in [0.15, 0.2) is 0 Å². The van der Waals surface area contributed by atoms with Gasteiger partial charge in [-0.2, -0.15) is 0 Å². The zero-order valence-corrected chi connectivity index (χ0v) is 22.2. The number of esters is 3. The van der Waals surface area contributed by atoms with Gasteiger partial charge in [-0.05, 0) is 73.1 Å². The molecule has 3 aliphatic rings. The fraction of sp³-hybridized carbons (Fsp3) is 0.621. The maximum Gasteiger partial charge on any atom is 0.374 e. The number of carbonyl (C=O) groups is 3. The lowest BCUT2D eigenvalue weighted by Crippen LogP contribution is -2.57. The van der Waals surface area contributed by atoms with Crippen LogP contribution in [0, 0.1) is 22.7 Å². The molecule has 4 rings (SSSR count). The number of ether oxygens (including phenoxy) is 3. The van der Waals surface area contributed by atoms with E-state index in [1.54, 1.807) is 12.1 Å². The van der Waals surface area contributed by atoms with Gasteiger partial charge >= 0.3 is 17.9 Å². The van der Waals surface area contributed by atoms with Crippen LogP contribution in [0.1, 0.15) is 84.2 Å². The van der Waals surface area contributed by atoms with Gasteiger partial charge in [0, 0.05) is 25.7 Å². The van der Waals surface area contributed by atoms with Crippen LogP contribution in [0.2, 0.25) is 0 Å². The molecule has 7 nitrogen and oxygen atoms in total. The number of hydrogen-bond acceptors (Lipinski definition) is 7. The molecule has 1 heterocycles. The summed E-state index contributed by atoms with van der Waals surface area (Å²) in [5.41, 5.74) is 2.36. The summed E-state index contributed by atoms with van der Waals surface area (Å²) in [6, 6.07) is 3.21. The molecule has 2 fully saturated rings. The fourth-order valence-corrected chi connectivity index (χ4v) is 7.29. The Bertz CT molecular complexity index is 1080. The van der Waals surface area contributed by atoms with Crippen molar-refractivity contribution in [1.82, 2.24) is 0 Å². The summed E-state index contributed by atoms with van der Waals surface area (Å²) in [7, 11) is 0. The Morgan fingerprint density at radius 1 is 1.03 bits per heavy atom. The first-order valence-corrected chi connectivity index (χ1v) is 12.8. The molecule has 36 heavy (non-hydrogen) atoms. The zero-order chi connectivity index (χ0) is 26.4. The number of carbonyl (C=O) groups excluding carboxylic acids is 3. The van der Waals surface area contributed by atoms with Crippen LogP contribution in [-0.2, 0) is 23.8 Å².